The third-order valence-corrected chi connectivity index (χ3v) is 5.14. The first kappa shape index (κ1) is 25.6. The summed E-state index contributed by atoms with van der Waals surface area (Å²) < 4.78 is 25.4. The predicted molar refractivity (Wildman–Crippen MR) is 87.9 cm³/mol. The molecule has 0 atom stereocenters. The maximum absolute atomic E-state index is 11.5. The van der Waals surface area contributed by atoms with Gasteiger partial charge in [0.1, 0.15) is 0 Å². The molecule has 7 heteroatoms. The van der Waals surface area contributed by atoms with Gasteiger partial charge in [0.15, 0.2) is 0 Å². The van der Waals surface area contributed by atoms with Gasteiger partial charge < -0.3 is 9.90 Å². The van der Waals surface area contributed by atoms with Gasteiger partial charge in [-0.2, -0.15) is 0 Å². The molecule has 0 aromatic heterocycles. The van der Waals surface area contributed by atoms with Gasteiger partial charge in [0.05, 0.1) is 5.75 Å². The van der Waals surface area contributed by atoms with Gasteiger partial charge in [-0.05, 0) is 6.42 Å². The maximum Gasteiger partial charge on any atom is 1.00 e. The normalized spacial score (nSPS) is 11.2. The first-order valence-electron chi connectivity index (χ1n) is 8.65. The second-order valence-corrected chi connectivity index (χ2v) is 7.80. The van der Waals surface area contributed by atoms with Crippen molar-refractivity contribution in [3.63, 3.8) is 0 Å². The Morgan fingerprint density at radius 3 is 1.74 bits per heavy atom. The van der Waals surface area contributed by atoms with E-state index < -0.39 is 16.0 Å². The quantitative estimate of drug-likeness (QED) is 0.294. The molecule has 0 saturated carbocycles. The van der Waals surface area contributed by atoms with Crippen molar-refractivity contribution in [1.82, 2.24) is 4.72 Å². The summed E-state index contributed by atoms with van der Waals surface area (Å²) in [5, 5.41) is 10.2. The third kappa shape index (κ3) is 20.3. The molecule has 0 saturated heterocycles. The van der Waals surface area contributed by atoms with E-state index in [0.29, 0.717) is 6.42 Å². The fourth-order valence-electron chi connectivity index (χ4n) is 2.34. The Hall–Kier alpha value is 0.380. The Bertz CT molecular complexity index is 374. The molecule has 0 aliphatic carbocycles. The zero-order chi connectivity index (χ0) is 16.7. The van der Waals surface area contributed by atoms with E-state index in [1.165, 1.54) is 51.4 Å². The molecule has 0 unspecified atom stereocenters. The van der Waals surface area contributed by atoms with Crippen molar-refractivity contribution in [2.75, 3.05) is 12.3 Å². The molecule has 0 amide bonds. The van der Waals surface area contributed by atoms with Crippen LogP contribution in [0.2, 0.25) is 0 Å². The number of unbranched alkanes of at least 4 members (excludes halogenated alkanes) is 10. The van der Waals surface area contributed by atoms with E-state index in [2.05, 4.69) is 11.6 Å². The van der Waals surface area contributed by atoms with Crippen LogP contribution in [0.4, 0.5) is 0 Å². The Balaban J connectivity index is 0. The van der Waals surface area contributed by atoms with Gasteiger partial charge in [0, 0.05) is 18.9 Å². The molecule has 1 N–H and O–H groups in total. The molecular weight excluding hydrogens is 325 g/mol. The summed E-state index contributed by atoms with van der Waals surface area (Å²) in [6.45, 7) is 2.14. The zero-order valence-corrected chi connectivity index (χ0v) is 17.8. The van der Waals surface area contributed by atoms with Crippen LogP contribution < -0.4 is 39.4 Å². The summed E-state index contributed by atoms with van der Waals surface area (Å²) in [4.78, 5) is 10.2. The monoisotopic (exact) mass is 357 g/mol. The number of hydrogen-bond donors (Lipinski definition) is 1. The van der Waals surface area contributed by atoms with E-state index in [4.69, 9.17) is 0 Å². The van der Waals surface area contributed by atoms with Crippen molar-refractivity contribution in [2.24, 2.45) is 0 Å². The molecular formula is C16H32NNaO4S. The number of hydrogen-bond acceptors (Lipinski definition) is 4. The van der Waals surface area contributed by atoms with Crippen LogP contribution in [0.3, 0.4) is 0 Å². The molecule has 0 aliphatic heterocycles. The first-order valence-corrected chi connectivity index (χ1v) is 10.3. The molecule has 0 fully saturated rings. The average molecular weight is 357 g/mol. The Kier molecular flexibility index (Phi) is 19.2. The molecule has 0 bridgehead atoms. The Morgan fingerprint density at radius 2 is 1.30 bits per heavy atom. The number of rotatable bonds is 16. The molecule has 0 aliphatic rings. The molecule has 0 spiro atoms. The Labute approximate surface area is 164 Å². The van der Waals surface area contributed by atoms with Crippen LogP contribution in [0, 0.1) is 0 Å². The first-order chi connectivity index (χ1) is 10.5. The maximum atomic E-state index is 11.5. The van der Waals surface area contributed by atoms with Crippen LogP contribution in [0.15, 0.2) is 0 Å². The van der Waals surface area contributed by atoms with E-state index in [9.17, 15) is 18.3 Å². The van der Waals surface area contributed by atoms with Gasteiger partial charge in [-0.15, -0.1) is 0 Å². The van der Waals surface area contributed by atoms with E-state index in [0.717, 1.165) is 12.8 Å². The average Bonchev–Trinajstić information content (AvgIpc) is 2.44. The number of carbonyl (C=O) groups is 1. The summed E-state index contributed by atoms with van der Waals surface area (Å²) in [5.41, 5.74) is 0. The molecule has 23 heavy (non-hydrogen) atoms. The predicted octanol–water partition coefficient (Wildman–Crippen LogP) is -0.639. The summed E-state index contributed by atoms with van der Waals surface area (Å²) in [7, 11) is -3.33. The fraction of sp³-hybridized carbons (Fsp3) is 0.938. The van der Waals surface area contributed by atoms with Crippen LogP contribution in [0.5, 0.6) is 0 Å². The number of sulfonamides is 1. The van der Waals surface area contributed by atoms with Crippen LogP contribution in [-0.4, -0.2) is 26.7 Å². The smallest absolute Gasteiger partial charge is 0.550 e. The van der Waals surface area contributed by atoms with Gasteiger partial charge in [0.2, 0.25) is 10.0 Å². The molecule has 5 nitrogen and oxygen atoms in total. The number of carbonyl (C=O) groups excluding carboxylic acids is 1. The second-order valence-electron chi connectivity index (χ2n) is 5.87. The van der Waals surface area contributed by atoms with Gasteiger partial charge in [-0.3, -0.25) is 0 Å². The molecule has 0 radical (unpaired) electrons. The van der Waals surface area contributed by atoms with Crippen LogP contribution in [0.1, 0.15) is 84.0 Å². The minimum atomic E-state index is -3.33. The molecule has 0 aromatic carbocycles. The molecule has 0 aromatic rings. The largest absolute Gasteiger partial charge is 1.00 e. The van der Waals surface area contributed by atoms with Crippen molar-refractivity contribution in [3.05, 3.63) is 0 Å². The zero-order valence-electron chi connectivity index (χ0n) is 14.9. The van der Waals surface area contributed by atoms with E-state index in [1.807, 2.05) is 0 Å². The van der Waals surface area contributed by atoms with E-state index >= 15 is 0 Å². The third-order valence-electron chi connectivity index (χ3n) is 3.67. The number of carboxylic acids is 1. The molecule has 0 heterocycles. The van der Waals surface area contributed by atoms with Gasteiger partial charge >= 0.3 is 29.6 Å². The van der Waals surface area contributed by atoms with Crippen LogP contribution in [-0.2, 0) is 14.8 Å². The number of nitrogens with one attached hydrogen (secondary N) is 1. The van der Waals surface area contributed by atoms with Crippen molar-refractivity contribution in [2.45, 2.75) is 84.0 Å². The SMILES string of the molecule is CCCCCCCCCCCCCS(=O)(=O)NCCC(=O)[O-].[Na+]. The van der Waals surface area contributed by atoms with Crippen molar-refractivity contribution in [1.29, 1.82) is 0 Å². The summed E-state index contributed by atoms with van der Waals surface area (Å²) in [6.07, 6.45) is 12.7. The van der Waals surface area contributed by atoms with E-state index in [-0.39, 0.29) is 48.3 Å². The molecule has 0 rings (SSSR count). The van der Waals surface area contributed by atoms with Crippen LogP contribution >= 0.6 is 0 Å². The minimum absolute atomic E-state index is 0. The number of aliphatic carboxylic acids is 1. The second kappa shape index (κ2) is 17.2. The van der Waals surface area contributed by atoms with Gasteiger partial charge in [-0.1, -0.05) is 71.1 Å². The summed E-state index contributed by atoms with van der Waals surface area (Å²) >= 11 is 0. The fourth-order valence-corrected chi connectivity index (χ4v) is 3.48. The Morgan fingerprint density at radius 1 is 0.870 bits per heavy atom. The number of carboxylic acid groups (broad SMARTS) is 1. The van der Waals surface area contributed by atoms with Crippen molar-refractivity contribution in [3.8, 4) is 0 Å². The standard InChI is InChI=1S/C16H33NO4S.Na/c1-2-3-4-5-6-7-8-9-10-11-12-15-22(20,21)17-14-13-16(18)19;/h17H,2-15H2,1H3,(H,18,19);/q;+1/p-1. The van der Waals surface area contributed by atoms with E-state index in [1.54, 1.807) is 0 Å². The minimum Gasteiger partial charge on any atom is -0.550 e. The summed E-state index contributed by atoms with van der Waals surface area (Å²) in [6, 6.07) is 0. The van der Waals surface area contributed by atoms with Crippen molar-refractivity contribution < 1.29 is 47.9 Å². The van der Waals surface area contributed by atoms with Gasteiger partial charge in [-0.25, -0.2) is 13.1 Å². The topological polar surface area (TPSA) is 86.3 Å². The van der Waals surface area contributed by atoms with Gasteiger partial charge in [0.25, 0.3) is 0 Å². The molecule has 132 valence electrons. The van der Waals surface area contributed by atoms with Crippen molar-refractivity contribution >= 4 is 16.0 Å². The summed E-state index contributed by atoms with van der Waals surface area (Å²) in [5.74, 6) is -1.16. The van der Waals surface area contributed by atoms with Crippen LogP contribution in [0.25, 0.3) is 0 Å².